The second-order valence-electron chi connectivity index (χ2n) is 6.77. The molecule has 2 N–H and O–H groups in total. The van der Waals surface area contributed by atoms with Crippen molar-refractivity contribution in [2.75, 3.05) is 22.1 Å². The Morgan fingerprint density at radius 3 is 2.96 bits per heavy atom. The van der Waals surface area contributed by atoms with Crippen molar-refractivity contribution < 1.29 is 4.79 Å². The molecule has 0 aliphatic carbocycles. The highest BCUT2D eigenvalue weighted by Gasteiger charge is 2.32. The highest BCUT2D eigenvalue weighted by atomic mass is 16.2. The van der Waals surface area contributed by atoms with E-state index in [-0.39, 0.29) is 11.9 Å². The summed E-state index contributed by atoms with van der Waals surface area (Å²) in [6.45, 7) is 5.07. The second kappa shape index (κ2) is 5.78. The van der Waals surface area contributed by atoms with Gasteiger partial charge in [0.1, 0.15) is 18.1 Å². The molecule has 0 spiro atoms. The first-order valence-electron chi connectivity index (χ1n) is 8.41. The molecule has 1 atom stereocenters. The molecule has 3 heterocycles. The maximum Gasteiger partial charge on any atom is 0.247 e. The van der Waals surface area contributed by atoms with E-state index in [1.807, 2.05) is 6.07 Å². The van der Waals surface area contributed by atoms with Crippen LogP contribution in [-0.4, -0.2) is 28.5 Å². The van der Waals surface area contributed by atoms with E-state index in [0.717, 1.165) is 30.9 Å². The molecule has 124 valence electrons. The van der Waals surface area contributed by atoms with Crippen molar-refractivity contribution >= 4 is 28.9 Å². The molecular formula is C18H21N5O. The van der Waals surface area contributed by atoms with Crippen LogP contribution in [0.2, 0.25) is 0 Å². The summed E-state index contributed by atoms with van der Waals surface area (Å²) >= 11 is 0. The molecule has 1 aromatic carbocycles. The number of rotatable bonds is 3. The van der Waals surface area contributed by atoms with Crippen LogP contribution in [0.4, 0.5) is 23.0 Å². The van der Waals surface area contributed by atoms with Gasteiger partial charge in [0.2, 0.25) is 5.91 Å². The van der Waals surface area contributed by atoms with Crippen molar-refractivity contribution in [3.8, 4) is 0 Å². The summed E-state index contributed by atoms with van der Waals surface area (Å²) in [5.74, 6) is 1.88. The third kappa shape index (κ3) is 2.48. The van der Waals surface area contributed by atoms with E-state index in [4.69, 9.17) is 0 Å². The minimum absolute atomic E-state index is 0.0141. The molecule has 2 aliphatic heterocycles. The van der Waals surface area contributed by atoms with E-state index in [0.29, 0.717) is 17.4 Å². The van der Waals surface area contributed by atoms with Gasteiger partial charge in [0.25, 0.3) is 0 Å². The van der Waals surface area contributed by atoms with Gasteiger partial charge in [-0.05, 0) is 30.4 Å². The van der Waals surface area contributed by atoms with Crippen LogP contribution in [0.15, 0.2) is 30.6 Å². The maximum atomic E-state index is 12.5. The average molecular weight is 323 g/mol. The second-order valence-corrected chi connectivity index (χ2v) is 6.77. The zero-order chi connectivity index (χ0) is 16.7. The molecule has 0 radical (unpaired) electrons. The summed E-state index contributed by atoms with van der Waals surface area (Å²) in [6.07, 6.45) is 3.31. The summed E-state index contributed by atoms with van der Waals surface area (Å²) < 4.78 is 0. The Hall–Kier alpha value is -2.63. The summed E-state index contributed by atoms with van der Waals surface area (Å²) in [6, 6.07) is 8.07. The Kier molecular flexibility index (Phi) is 3.59. The number of nitrogens with zero attached hydrogens (tertiary/aromatic N) is 3. The van der Waals surface area contributed by atoms with Crippen LogP contribution in [-0.2, 0) is 11.2 Å². The lowest BCUT2D eigenvalue weighted by Gasteiger charge is -2.30. The lowest BCUT2D eigenvalue weighted by atomic mass is 10.0. The molecule has 0 fully saturated rings. The van der Waals surface area contributed by atoms with Gasteiger partial charge in [-0.2, -0.15) is 0 Å². The Bertz CT molecular complexity index is 789. The van der Waals surface area contributed by atoms with Gasteiger partial charge in [-0.25, -0.2) is 9.97 Å². The number of fused-ring (bicyclic) bond motifs is 2. The molecule has 4 rings (SSSR count). The van der Waals surface area contributed by atoms with Crippen LogP contribution in [0.3, 0.4) is 0 Å². The summed E-state index contributed by atoms with van der Waals surface area (Å²) in [7, 11) is 0. The summed E-state index contributed by atoms with van der Waals surface area (Å²) in [5.41, 5.74) is 3.13. The van der Waals surface area contributed by atoms with E-state index in [2.05, 4.69) is 57.5 Å². The monoisotopic (exact) mass is 323 g/mol. The van der Waals surface area contributed by atoms with Crippen molar-refractivity contribution in [3.05, 3.63) is 36.2 Å². The molecule has 0 bridgehead atoms. The lowest BCUT2D eigenvalue weighted by Crippen LogP contribution is -2.40. The van der Waals surface area contributed by atoms with E-state index in [1.54, 1.807) is 6.33 Å². The minimum atomic E-state index is -0.244. The molecule has 1 amide bonds. The van der Waals surface area contributed by atoms with Gasteiger partial charge < -0.3 is 15.5 Å². The van der Waals surface area contributed by atoms with Crippen molar-refractivity contribution in [3.63, 3.8) is 0 Å². The topological polar surface area (TPSA) is 70.2 Å². The molecule has 6 heteroatoms. The van der Waals surface area contributed by atoms with Gasteiger partial charge in [-0.15, -0.1) is 0 Å². The zero-order valence-electron chi connectivity index (χ0n) is 13.9. The predicted molar refractivity (Wildman–Crippen MR) is 94.7 cm³/mol. The molecule has 1 aromatic heterocycles. The number of benzene rings is 1. The molecule has 1 unspecified atom stereocenters. The zero-order valence-corrected chi connectivity index (χ0v) is 13.9. The third-order valence-corrected chi connectivity index (χ3v) is 4.55. The standard InChI is InChI=1S/C18H21N5O/c1-11(2)9-13-18(24)22-15-16(21-13)19-10-20-17(15)23-8-7-12-5-3-4-6-14(12)23/h3-6,10-11,13H,7-9H2,1-2H3,(H,22,24)(H,19,20,21). The quantitative estimate of drug-likeness (QED) is 0.909. The number of hydrogen-bond donors (Lipinski definition) is 2. The van der Waals surface area contributed by atoms with Crippen molar-refractivity contribution in [2.24, 2.45) is 5.92 Å². The largest absolute Gasteiger partial charge is 0.356 e. The number of anilines is 4. The Balaban J connectivity index is 1.70. The van der Waals surface area contributed by atoms with Crippen LogP contribution in [0.25, 0.3) is 0 Å². The molecule has 6 nitrogen and oxygen atoms in total. The molecule has 2 aliphatic rings. The van der Waals surface area contributed by atoms with Gasteiger partial charge in [-0.3, -0.25) is 4.79 Å². The Morgan fingerprint density at radius 1 is 1.29 bits per heavy atom. The highest BCUT2D eigenvalue weighted by molar-refractivity contribution is 6.05. The van der Waals surface area contributed by atoms with Gasteiger partial charge in [0.15, 0.2) is 11.6 Å². The van der Waals surface area contributed by atoms with E-state index >= 15 is 0 Å². The fourth-order valence-corrected chi connectivity index (χ4v) is 3.44. The maximum absolute atomic E-state index is 12.5. The summed E-state index contributed by atoms with van der Waals surface area (Å²) in [5, 5.41) is 6.30. The van der Waals surface area contributed by atoms with Gasteiger partial charge >= 0.3 is 0 Å². The molecule has 0 saturated heterocycles. The number of amides is 1. The highest BCUT2D eigenvalue weighted by Crippen LogP contribution is 2.40. The summed E-state index contributed by atoms with van der Waals surface area (Å²) in [4.78, 5) is 23.4. The predicted octanol–water partition coefficient (Wildman–Crippen LogP) is 2.95. The number of hydrogen-bond acceptors (Lipinski definition) is 5. The van der Waals surface area contributed by atoms with E-state index in [9.17, 15) is 4.79 Å². The molecule has 24 heavy (non-hydrogen) atoms. The normalized spacial score (nSPS) is 18.9. The van der Waals surface area contributed by atoms with E-state index in [1.165, 1.54) is 5.56 Å². The smallest absolute Gasteiger partial charge is 0.247 e. The average Bonchev–Trinajstić information content (AvgIpc) is 2.98. The van der Waals surface area contributed by atoms with Crippen molar-refractivity contribution in [2.45, 2.75) is 32.7 Å². The Morgan fingerprint density at radius 2 is 2.12 bits per heavy atom. The fraction of sp³-hybridized carbons (Fsp3) is 0.389. The SMILES string of the molecule is CC(C)CC1Nc2ncnc(N3CCc4ccccc43)c2NC1=O. The van der Waals surface area contributed by atoms with Gasteiger partial charge in [-0.1, -0.05) is 32.0 Å². The molecule has 2 aromatic rings. The minimum Gasteiger partial charge on any atom is -0.356 e. The van der Waals surface area contributed by atoms with Crippen LogP contribution >= 0.6 is 0 Å². The number of nitrogens with one attached hydrogen (secondary N) is 2. The van der Waals surface area contributed by atoms with E-state index < -0.39 is 0 Å². The number of para-hydroxylation sites is 1. The first kappa shape index (κ1) is 14.9. The third-order valence-electron chi connectivity index (χ3n) is 4.55. The first-order valence-corrected chi connectivity index (χ1v) is 8.41. The fourth-order valence-electron chi connectivity index (χ4n) is 3.44. The molecule has 0 saturated carbocycles. The van der Waals surface area contributed by atoms with Gasteiger partial charge in [0.05, 0.1) is 0 Å². The van der Waals surface area contributed by atoms with Gasteiger partial charge in [0, 0.05) is 12.2 Å². The lowest BCUT2D eigenvalue weighted by molar-refractivity contribution is -0.117. The van der Waals surface area contributed by atoms with Crippen LogP contribution < -0.4 is 15.5 Å². The first-order chi connectivity index (χ1) is 11.6. The van der Waals surface area contributed by atoms with Crippen LogP contribution in [0.5, 0.6) is 0 Å². The number of carbonyl (C=O) groups is 1. The number of carbonyl (C=O) groups excluding carboxylic acids is 1. The Labute approximate surface area is 141 Å². The van der Waals surface area contributed by atoms with Crippen molar-refractivity contribution in [1.82, 2.24) is 9.97 Å². The molecular weight excluding hydrogens is 302 g/mol. The van der Waals surface area contributed by atoms with Crippen LogP contribution in [0.1, 0.15) is 25.8 Å². The van der Waals surface area contributed by atoms with Crippen molar-refractivity contribution in [1.29, 1.82) is 0 Å². The van der Waals surface area contributed by atoms with Crippen LogP contribution in [0, 0.1) is 5.92 Å². The number of aromatic nitrogens is 2.